The van der Waals surface area contributed by atoms with Gasteiger partial charge < -0.3 is 4.90 Å². The van der Waals surface area contributed by atoms with Crippen molar-refractivity contribution in [2.24, 2.45) is 11.8 Å². The molecular formula is C13H25N3O2S. The molecule has 3 aliphatic rings. The minimum Gasteiger partial charge on any atom is -0.300 e. The fraction of sp³-hybridized carbons (Fsp3) is 1.00. The maximum atomic E-state index is 12.1. The summed E-state index contributed by atoms with van der Waals surface area (Å²) in [6.07, 6.45) is 6.16. The van der Waals surface area contributed by atoms with Gasteiger partial charge in [0.25, 0.3) is 10.2 Å². The Morgan fingerprint density at radius 3 is 2.53 bits per heavy atom. The third kappa shape index (κ3) is 3.68. The summed E-state index contributed by atoms with van der Waals surface area (Å²) in [5, 5.41) is 0. The van der Waals surface area contributed by atoms with E-state index in [2.05, 4.69) is 9.62 Å². The largest absolute Gasteiger partial charge is 0.300 e. The molecule has 0 aromatic heterocycles. The second-order valence-corrected chi connectivity index (χ2v) is 8.32. The van der Waals surface area contributed by atoms with Gasteiger partial charge in [-0.15, -0.1) is 0 Å². The monoisotopic (exact) mass is 287 g/mol. The highest BCUT2D eigenvalue weighted by Crippen LogP contribution is 2.32. The Hall–Kier alpha value is -0.170. The molecule has 2 saturated carbocycles. The summed E-state index contributed by atoms with van der Waals surface area (Å²) in [7, 11) is -1.57. The maximum absolute atomic E-state index is 12.1. The molecule has 0 bridgehead atoms. The zero-order chi connectivity index (χ0) is 13.5. The molecule has 19 heavy (non-hydrogen) atoms. The molecular weight excluding hydrogens is 262 g/mol. The predicted molar refractivity (Wildman–Crippen MR) is 75.0 cm³/mol. The van der Waals surface area contributed by atoms with Gasteiger partial charge in [-0.1, -0.05) is 0 Å². The zero-order valence-electron chi connectivity index (χ0n) is 11.7. The van der Waals surface area contributed by atoms with E-state index in [1.165, 1.54) is 30.0 Å². The molecule has 0 aromatic rings. The average molecular weight is 287 g/mol. The summed E-state index contributed by atoms with van der Waals surface area (Å²) in [4.78, 5) is 2.52. The van der Waals surface area contributed by atoms with Gasteiger partial charge in [0, 0.05) is 32.7 Å². The Labute approximate surface area is 116 Å². The van der Waals surface area contributed by atoms with E-state index in [-0.39, 0.29) is 0 Å². The highest BCUT2D eigenvalue weighted by molar-refractivity contribution is 7.87. The van der Waals surface area contributed by atoms with Crippen molar-refractivity contribution in [2.75, 3.05) is 33.2 Å². The lowest BCUT2D eigenvalue weighted by Crippen LogP contribution is -2.41. The Morgan fingerprint density at radius 2 is 1.89 bits per heavy atom. The fourth-order valence-electron chi connectivity index (χ4n) is 2.90. The second-order valence-electron chi connectivity index (χ2n) is 6.46. The van der Waals surface area contributed by atoms with E-state index in [1.54, 1.807) is 7.05 Å². The molecule has 1 N–H and O–H groups in total. The van der Waals surface area contributed by atoms with Crippen LogP contribution in [-0.2, 0) is 10.2 Å². The predicted octanol–water partition coefficient (Wildman–Crippen LogP) is 0.647. The minimum atomic E-state index is -3.26. The third-order valence-corrected chi connectivity index (χ3v) is 6.06. The molecule has 0 aromatic carbocycles. The first-order chi connectivity index (χ1) is 9.04. The van der Waals surface area contributed by atoms with Crippen LogP contribution < -0.4 is 4.72 Å². The minimum absolute atomic E-state index is 0.490. The molecule has 0 spiro atoms. The van der Waals surface area contributed by atoms with E-state index < -0.39 is 10.2 Å². The van der Waals surface area contributed by atoms with E-state index in [9.17, 15) is 8.42 Å². The highest BCUT2D eigenvalue weighted by atomic mass is 32.2. The first kappa shape index (κ1) is 13.8. The topological polar surface area (TPSA) is 52.7 Å². The molecule has 3 rings (SSSR count). The van der Waals surface area contributed by atoms with E-state index in [0.29, 0.717) is 24.9 Å². The Balaban J connectivity index is 1.42. The molecule has 1 saturated heterocycles. The number of hydrogen-bond donors (Lipinski definition) is 1. The molecule has 2 aliphatic carbocycles. The maximum Gasteiger partial charge on any atom is 0.279 e. The van der Waals surface area contributed by atoms with Crippen LogP contribution in [0.3, 0.4) is 0 Å². The Bertz CT molecular complexity index is 418. The van der Waals surface area contributed by atoms with E-state index in [0.717, 1.165) is 25.6 Å². The first-order valence-corrected chi connectivity index (χ1v) is 8.93. The van der Waals surface area contributed by atoms with Crippen LogP contribution in [0.5, 0.6) is 0 Å². The Kier molecular flexibility index (Phi) is 3.86. The lowest BCUT2D eigenvalue weighted by molar-refractivity contribution is 0.313. The molecule has 0 unspecified atom stereocenters. The third-order valence-electron chi connectivity index (χ3n) is 4.56. The van der Waals surface area contributed by atoms with Crippen molar-refractivity contribution in [1.82, 2.24) is 13.9 Å². The van der Waals surface area contributed by atoms with E-state index in [4.69, 9.17) is 0 Å². The highest BCUT2D eigenvalue weighted by Gasteiger charge is 2.35. The van der Waals surface area contributed by atoms with Crippen molar-refractivity contribution >= 4 is 10.2 Å². The number of rotatable bonds is 7. The zero-order valence-corrected chi connectivity index (χ0v) is 12.5. The van der Waals surface area contributed by atoms with Crippen molar-refractivity contribution in [1.29, 1.82) is 0 Å². The fourth-order valence-corrected chi connectivity index (χ4v) is 3.97. The van der Waals surface area contributed by atoms with Gasteiger partial charge in [0.2, 0.25) is 0 Å². The van der Waals surface area contributed by atoms with Gasteiger partial charge in [-0.3, -0.25) is 0 Å². The van der Waals surface area contributed by atoms with Crippen LogP contribution in [-0.4, -0.2) is 56.9 Å². The summed E-state index contributed by atoms with van der Waals surface area (Å²) >= 11 is 0. The molecule has 0 amide bonds. The van der Waals surface area contributed by atoms with Gasteiger partial charge in [0.05, 0.1) is 0 Å². The van der Waals surface area contributed by atoms with Crippen LogP contribution in [0.1, 0.15) is 32.1 Å². The summed E-state index contributed by atoms with van der Waals surface area (Å²) in [5.41, 5.74) is 0. The van der Waals surface area contributed by atoms with Crippen LogP contribution >= 0.6 is 0 Å². The number of hydrogen-bond acceptors (Lipinski definition) is 3. The van der Waals surface area contributed by atoms with E-state index >= 15 is 0 Å². The SMILES string of the molecule is CN(CC1CC1)S(=O)(=O)NC[C@@H]1CCN(C2CC2)C1. The van der Waals surface area contributed by atoms with Crippen LogP contribution in [0.15, 0.2) is 0 Å². The lowest BCUT2D eigenvalue weighted by Gasteiger charge is -2.19. The number of likely N-dealkylation sites (tertiary alicyclic amines) is 1. The van der Waals surface area contributed by atoms with Crippen LogP contribution in [0.25, 0.3) is 0 Å². The molecule has 1 heterocycles. The Morgan fingerprint density at radius 1 is 1.16 bits per heavy atom. The van der Waals surface area contributed by atoms with Crippen molar-refractivity contribution in [2.45, 2.75) is 38.1 Å². The van der Waals surface area contributed by atoms with Gasteiger partial charge in [0.15, 0.2) is 0 Å². The van der Waals surface area contributed by atoms with Crippen LogP contribution in [0.4, 0.5) is 0 Å². The smallest absolute Gasteiger partial charge is 0.279 e. The van der Waals surface area contributed by atoms with Crippen LogP contribution in [0.2, 0.25) is 0 Å². The lowest BCUT2D eigenvalue weighted by atomic mass is 10.1. The van der Waals surface area contributed by atoms with Gasteiger partial charge in [-0.05, 0) is 50.5 Å². The quantitative estimate of drug-likeness (QED) is 0.748. The summed E-state index contributed by atoms with van der Waals surface area (Å²) in [6.45, 7) is 3.49. The van der Waals surface area contributed by atoms with Crippen molar-refractivity contribution in [3.8, 4) is 0 Å². The molecule has 5 nitrogen and oxygen atoms in total. The average Bonchev–Trinajstić information content (AvgIpc) is 3.28. The molecule has 1 atom stereocenters. The van der Waals surface area contributed by atoms with Crippen molar-refractivity contribution in [3.05, 3.63) is 0 Å². The normalized spacial score (nSPS) is 29.3. The van der Waals surface area contributed by atoms with Gasteiger partial charge in [-0.25, -0.2) is 4.72 Å². The first-order valence-electron chi connectivity index (χ1n) is 7.49. The summed E-state index contributed by atoms with van der Waals surface area (Å²) in [6, 6.07) is 0.805. The second kappa shape index (κ2) is 5.31. The molecule has 6 heteroatoms. The molecule has 0 radical (unpaired) electrons. The molecule has 110 valence electrons. The number of nitrogens with zero attached hydrogens (tertiary/aromatic N) is 2. The molecule has 3 fully saturated rings. The van der Waals surface area contributed by atoms with Gasteiger partial charge in [-0.2, -0.15) is 12.7 Å². The van der Waals surface area contributed by atoms with Gasteiger partial charge >= 0.3 is 0 Å². The van der Waals surface area contributed by atoms with E-state index in [1.807, 2.05) is 0 Å². The summed E-state index contributed by atoms with van der Waals surface area (Å²) in [5.74, 6) is 1.09. The standard InChI is InChI=1S/C13H25N3O2S/c1-15(9-11-2-3-11)19(17,18)14-8-12-6-7-16(10-12)13-4-5-13/h11-14H,2-10H2,1H3/t12-/m0/s1. The number of nitrogens with one attached hydrogen (secondary N) is 1. The van der Waals surface area contributed by atoms with Crippen molar-refractivity contribution in [3.63, 3.8) is 0 Å². The van der Waals surface area contributed by atoms with Crippen molar-refractivity contribution < 1.29 is 8.42 Å². The molecule has 1 aliphatic heterocycles. The van der Waals surface area contributed by atoms with Crippen LogP contribution in [0, 0.1) is 11.8 Å². The van der Waals surface area contributed by atoms with Gasteiger partial charge in [0.1, 0.15) is 0 Å². The summed E-state index contributed by atoms with van der Waals surface area (Å²) < 4.78 is 28.4.